The molecule has 1 aliphatic carbocycles. The number of fused-ring (bicyclic) bond motifs is 1. The molecule has 0 bridgehead atoms. The van der Waals surface area contributed by atoms with Gasteiger partial charge in [0.1, 0.15) is 5.52 Å². The van der Waals surface area contributed by atoms with Crippen molar-refractivity contribution >= 4 is 34.4 Å². The summed E-state index contributed by atoms with van der Waals surface area (Å²) in [5.41, 5.74) is 0.930. The third-order valence-corrected chi connectivity index (χ3v) is 4.58. The van der Waals surface area contributed by atoms with Crippen molar-refractivity contribution in [2.75, 3.05) is 0 Å². The number of hydrogen-bond acceptors (Lipinski definition) is 3. The van der Waals surface area contributed by atoms with Crippen LogP contribution in [-0.2, 0) is 6.54 Å². The maximum absolute atomic E-state index is 13.8. The van der Waals surface area contributed by atoms with Crippen LogP contribution in [0.15, 0.2) is 6.33 Å². The maximum atomic E-state index is 13.8. The van der Waals surface area contributed by atoms with Gasteiger partial charge in [-0.15, -0.1) is 0 Å². The van der Waals surface area contributed by atoms with E-state index in [1.165, 1.54) is 0 Å². The normalized spacial score (nSPS) is 25.4. The van der Waals surface area contributed by atoms with Crippen LogP contribution in [0.25, 0.3) is 11.2 Å². The Hall–Kier alpha value is -1.01. The molecule has 2 aromatic heterocycles. The van der Waals surface area contributed by atoms with Gasteiger partial charge in [0.2, 0.25) is 5.28 Å². The van der Waals surface area contributed by atoms with Crippen LogP contribution >= 0.6 is 23.2 Å². The van der Waals surface area contributed by atoms with Crippen molar-refractivity contribution < 1.29 is 8.78 Å². The zero-order chi connectivity index (χ0) is 15.2. The molecule has 1 saturated carbocycles. The van der Waals surface area contributed by atoms with Gasteiger partial charge in [-0.1, -0.05) is 18.5 Å². The van der Waals surface area contributed by atoms with Gasteiger partial charge in [0.05, 0.1) is 6.33 Å². The fraction of sp³-hybridized carbons (Fsp3) is 0.615. The third kappa shape index (κ3) is 2.83. The molecule has 2 aromatic rings. The van der Waals surface area contributed by atoms with Gasteiger partial charge < -0.3 is 4.57 Å². The first-order chi connectivity index (χ1) is 9.87. The van der Waals surface area contributed by atoms with Crippen LogP contribution in [0.3, 0.4) is 0 Å². The molecule has 8 heteroatoms. The predicted octanol–water partition coefficient (Wildman–Crippen LogP) is 4.20. The van der Waals surface area contributed by atoms with Gasteiger partial charge >= 0.3 is 0 Å². The van der Waals surface area contributed by atoms with Crippen LogP contribution < -0.4 is 0 Å². The Morgan fingerprint density at radius 1 is 1.33 bits per heavy atom. The second-order valence-corrected chi connectivity index (χ2v) is 6.36. The molecule has 114 valence electrons. The molecule has 0 amide bonds. The van der Waals surface area contributed by atoms with Gasteiger partial charge in [-0.3, -0.25) is 0 Å². The Morgan fingerprint density at radius 3 is 2.81 bits per heavy atom. The van der Waals surface area contributed by atoms with Gasteiger partial charge in [-0.2, -0.15) is 4.98 Å². The number of halogens is 4. The summed E-state index contributed by atoms with van der Waals surface area (Å²) in [6.07, 6.45) is 2.74. The van der Waals surface area contributed by atoms with Gasteiger partial charge in [-0.05, 0) is 30.4 Å². The summed E-state index contributed by atoms with van der Waals surface area (Å²) in [4.78, 5) is 12.0. The SMILES string of the molecule is C[C@@H]1CC[C@@H](Cn2cnc3nc(Cl)nc(Cl)c32)CC1(F)F. The Kier molecular flexibility index (Phi) is 3.78. The summed E-state index contributed by atoms with van der Waals surface area (Å²) in [6.45, 7) is 2.04. The van der Waals surface area contributed by atoms with E-state index in [9.17, 15) is 8.78 Å². The highest BCUT2D eigenvalue weighted by Crippen LogP contribution is 2.41. The first-order valence-corrected chi connectivity index (χ1v) is 7.54. The smallest absolute Gasteiger partial charge is 0.251 e. The largest absolute Gasteiger partial charge is 0.326 e. The molecule has 21 heavy (non-hydrogen) atoms. The Balaban J connectivity index is 1.86. The van der Waals surface area contributed by atoms with Crippen LogP contribution in [0.2, 0.25) is 10.4 Å². The summed E-state index contributed by atoms with van der Waals surface area (Å²) in [6, 6.07) is 0. The highest BCUT2D eigenvalue weighted by atomic mass is 35.5. The van der Waals surface area contributed by atoms with Crippen molar-refractivity contribution in [1.29, 1.82) is 0 Å². The molecule has 3 rings (SSSR count). The van der Waals surface area contributed by atoms with E-state index in [4.69, 9.17) is 23.2 Å². The van der Waals surface area contributed by atoms with Crippen LogP contribution in [-0.4, -0.2) is 25.4 Å². The molecule has 0 radical (unpaired) electrons. The highest BCUT2D eigenvalue weighted by molar-refractivity contribution is 6.35. The molecule has 2 heterocycles. The molecule has 4 nitrogen and oxygen atoms in total. The van der Waals surface area contributed by atoms with E-state index in [1.807, 2.05) is 0 Å². The molecule has 0 unspecified atom stereocenters. The molecular formula is C13H14Cl2F2N4. The lowest BCUT2D eigenvalue weighted by atomic mass is 9.80. The fourth-order valence-electron chi connectivity index (χ4n) is 2.87. The first kappa shape index (κ1) is 14.9. The standard InChI is InChI=1S/C13H14Cl2F2N4/c1-7-2-3-8(4-13(7,16)17)5-21-6-18-11-9(21)10(14)19-12(15)20-11/h6-8H,2-5H2,1H3/t7-,8-/m1/s1. The molecule has 1 fully saturated rings. The molecule has 2 atom stereocenters. The van der Waals surface area contributed by atoms with Gasteiger partial charge in [0.25, 0.3) is 5.92 Å². The van der Waals surface area contributed by atoms with E-state index in [1.54, 1.807) is 17.8 Å². The first-order valence-electron chi connectivity index (χ1n) is 6.78. The van der Waals surface area contributed by atoms with Crippen molar-refractivity contribution in [3.8, 4) is 0 Å². The van der Waals surface area contributed by atoms with Crippen LogP contribution in [0, 0.1) is 11.8 Å². The molecule has 0 N–H and O–H groups in total. The van der Waals surface area contributed by atoms with Crippen LogP contribution in [0.1, 0.15) is 26.2 Å². The van der Waals surface area contributed by atoms with Gasteiger partial charge in [0, 0.05) is 18.9 Å². The topological polar surface area (TPSA) is 43.6 Å². The molecule has 0 aromatic carbocycles. The quantitative estimate of drug-likeness (QED) is 0.610. The second-order valence-electron chi connectivity index (χ2n) is 5.66. The van der Waals surface area contributed by atoms with Crippen molar-refractivity contribution in [2.24, 2.45) is 11.8 Å². The minimum atomic E-state index is -2.61. The molecule has 1 aliphatic rings. The van der Waals surface area contributed by atoms with E-state index >= 15 is 0 Å². The van der Waals surface area contributed by atoms with Crippen LogP contribution in [0.5, 0.6) is 0 Å². The summed E-state index contributed by atoms with van der Waals surface area (Å²) >= 11 is 11.8. The average molecular weight is 335 g/mol. The zero-order valence-corrected chi connectivity index (χ0v) is 12.9. The number of alkyl halides is 2. The zero-order valence-electron chi connectivity index (χ0n) is 11.4. The fourth-order valence-corrected chi connectivity index (χ4v) is 3.35. The number of hydrogen-bond donors (Lipinski definition) is 0. The highest BCUT2D eigenvalue weighted by Gasteiger charge is 2.42. The van der Waals surface area contributed by atoms with Crippen LogP contribution in [0.4, 0.5) is 8.78 Å². The second kappa shape index (κ2) is 5.32. The molecule has 0 saturated heterocycles. The summed E-state index contributed by atoms with van der Waals surface area (Å²) in [5.74, 6) is -3.28. The van der Waals surface area contributed by atoms with Crippen molar-refractivity contribution in [3.63, 3.8) is 0 Å². The number of nitrogens with zero attached hydrogens (tertiary/aromatic N) is 4. The summed E-state index contributed by atoms with van der Waals surface area (Å²) < 4.78 is 29.4. The van der Waals surface area contributed by atoms with Crippen molar-refractivity contribution in [1.82, 2.24) is 19.5 Å². The monoisotopic (exact) mass is 334 g/mol. The van der Waals surface area contributed by atoms with Gasteiger partial charge in [-0.25, -0.2) is 18.7 Å². The third-order valence-electron chi connectivity index (χ3n) is 4.15. The van der Waals surface area contributed by atoms with Gasteiger partial charge in [0.15, 0.2) is 10.8 Å². The molecule has 0 spiro atoms. The Labute approximate surface area is 130 Å². The maximum Gasteiger partial charge on any atom is 0.251 e. The van der Waals surface area contributed by atoms with E-state index in [2.05, 4.69) is 15.0 Å². The van der Waals surface area contributed by atoms with E-state index in [0.717, 1.165) is 6.42 Å². The lowest BCUT2D eigenvalue weighted by Crippen LogP contribution is -2.35. The molecular weight excluding hydrogens is 321 g/mol. The average Bonchev–Trinajstić information content (AvgIpc) is 2.76. The lowest BCUT2D eigenvalue weighted by molar-refractivity contribution is -0.0970. The molecule has 0 aliphatic heterocycles. The van der Waals surface area contributed by atoms with Crippen molar-refractivity contribution in [2.45, 2.75) is 38.7 Å². The van der Waals surface area contributed by atoms with Crippen molar-refractivity contribution in [3.05, 3.63) is 16.8 Å². The minimum absolute atomic E-state index is 0.0239. The number of aromatic nitrogens is 4. The number of rotatable bonds is 2. The Bertz CT molecular complexity index is 673. The summed E-state index contributed by atoms with van der Waals surface area (Å²) in [7, 11) is 0. The van der Waals surface area contributed by atoms with E-state index in [-0.39, 0.29) is 22.8 Å². The summed E-state index contributed by atoms with van der Waals surface area (Å²) in [5, 5.41) is 0.217. The van der Waals surface area contributed by atoms with E-state index < -0.39 is 11.8 Å². The minimum Gasteiger partial charge on any atom is -0.326 e. The van der Waals surface area contributed by atoms with E-state index in [0.29, 0.717) is 24.1 Å². The Morgan fingerprint density at radius 2 is 2.10 bits per heavy atom. The lowest BCUT2D eigenvalue weighted by Gasteiger charge is -2.34. The predicted molar refractivity (Wildman–Crippen MR) is 76.8 cm³/mol. The number of imidazole rings is 1.